The highest BCUT2D eigenvalue weighted by molar-refractivity contribution is 8.16. The van der Waals surface area contributed by atoms with E-state index in [0.29, 0.717) is 0 Å². The largest absolute Gasteiger partial charge is 0.287 e. The fraction of sp³-hybridized carbons (Fsp3) is 1.00. The third kappa shape index (κ3) is 1.52. The molecule has 1 aliphatic heterocycles. The summed E-state index contributed by atoms with van der Waals surface area (Å²) in [6.45, 7) is 0. The average molecular weight is 180 g/mol. The van der Waals surface area contributed by atoms with Crippen LogP contribution >= 0.6 is 11.2 Å². The van der Waals surface area contributed by atoms with Crippen molar-refractivity contribution >= 4 is 11.2 Å². The molecule has 5 heteroatoms. The molecule has 11 heavy (non-hydrogen) atoms. The van der Waals surface area contributed by atoms with Crippen molar-refractivity contribution in [1.82, 2.24) is 0 Å². The van der Waals surface area contributed by atoms with Gasteiger partial charge >= 0.3 is 0 Å². The Balaban J connectivity index is 2.03. The molecule has 1 saturated carbocycles. The lowest BCUT2D eigenvalue weighted by atomic mass is 9.95. The topological polar surface area (TPSA) is 58.9 Å². The molecule has 1 heterocycles. The standard InChI is InChI=1S/C6H12O4S/c7-11(8)9-5-3-1-2-4-6(5)10-11/h5-8H,1-4H2. The van der Waals surface area contributed by atoms with Crippen LogP contribution in [0.15, 0.2) is 0 Å². The van der Waals surface area contributed by atoms with E-state index in [9.17, 15) is 0 Å². The van der Waals surface area contributed by atoms with Gasteiger partial charge in [-0.15, -0.1) is 0 Å². The maximum absolute atomic E-state index is 9.02. The van der Waals surface area contributed by atoms with Crippen molar-refractivity contribution < 1.29 is 17.5 Å². The van der Waals surface area contributed by atoms with E-state index in [2.05, 4.69) is 0 Å². The summed E-state index contributed by atoms with van der Waals surface area (Å²) in [6.07, 6.45) is 3.82. The summed E-state index contributed by atoms with van der Waals surface area (Å²) in [5, 5.41) is 0. The van der Waals surface area contributed by atoms with Gasteiger partial charge in [-0.05, 0) is 12.8 Å². The molecule has 0 aromatic rings. The first-order chi connectivity index (χ1) is 5.17. The number of hydrogen-bond donors (Lipinski definition) is 2. The number of rotatable bonds is 0. The van der Waals surface area contributed by atoms with E-state index in [0.717, 1.165) is 25.7 Å². The zero-order valence-electron chi connectivity index (χ0n) is 6.10. The van der Waals surface area contributed by atoms with Gasteiger partial charge < -0.3 is 0 Å². The van der Waals surface area contributed by atoms with Crippen molar-refractivity contribution in [1.29, 1.82) is 0 Å². The van der Waals surface area contributed by atoms with E-state index in [-0.39, 0.29) is 12.2 Å². The Hall–Kier alpha value is 0.190. The molecule has 66 valence electrons. The molecule has 0 bridgehead atoms. The highest BCUT2D eigenvalue weighted by atomic mass is 32.3. The Kier molecular flexibility index (Phi) is 1.85. The molecule has 2 aliphatic rings. The van der Waals surface area contributed by atoms with Gasteiger partial charge in [-0.1, -0.05) is 12.8 Å². The van der Waals surface area contributed by atoms with Crippen LogP contribution in [0, 0.1) is 0 Å². The molecule has 1 saturated heterocycles. The van der Waals surface area contributed by atoms with E-state index in [1.165, 1.54) is 0 Å². The van der Waals surface area contributed by atoms with E-state index >= 15 is 0 Å². The molecule has 0 radical (unpaired) electrons. The van der Waals surface area contributed by atoms with Crippen molar-refractivity contribution in [2.24, 2.45) is 0 Å². The maximum atomic E-state index is 9.02. The van der Waals surface area contributed by atoms with Crippen LogP contribution in [0.2, 0.25) is 0 Å². The first-order valence-electron chi connectivity index (χ1n) is 3.82. The summed E-state index contributed by atoms with van der Waals surface area (Å²) in [4.78, 5) is 0. The van der Waals surface area contributed by atoms with Crippen LogP contribution in [-0.4, -0.2) is 21.3 Å². The first kappa shape index (κ1) is 7.82. The molecule has 1 aliphatic carbocycles. The molecule has 0 amide bonds. The SMILES string of the molecule is OS1(O)OC2CCCCC2O1. The Morgan fingerprint density at radius 2 is 1.45 bits per heavy atom. The van der Waals surface area contributed by atoms with Crippen LogP contribution in [0.25, 0.3) is 0 Å². The van der Waals surface area contributed by atoms with Crippen LogP contribution < -0.4 is 0 Å². The summed E-state index contributed by atoms with van der Waals surface area (Å²) in [5.41, 5.74) is 0. The van der Waals surface area contributed by atoms with Crippen molar-refractivity contribution in [3.8, 4) is 0 Å². The summed E-state index contributed by atoms with van der Waals surface area (Å²) in [6, 6.07) is 0. The lowest BCUT2D eigenvalue weighted by Crippen LogP contribution is -2.25. The van der Waals surface area contributed by atoms with Gasteiger partial charge in [-0.3, -0.25) is 17.5 Å². The van der Waals surface area contributed by atoms with Gasteiger partial charge in [0.25, 0.3) is 0 Å². The normalized spacial score (nSPS) is 44.9. The molecule has 2 rings (SSSR count). The summed E-state index contributed by atoms with van der Waals surface area (Å²) >= 11 is -3.13. The van der Waals surface area contributed by atoms with E-state index in [1.54, 1.807) is 0 Å². The first-order valence-corrected chi connectivity index (χ1v) is 5.22. The molecular weight excluding hydrogens is 168 g/mol. The Bertz CT molecular complexity index is 145. The van der Waals surface area contributed by atoms with Crippen LogP contribution in [-0.2, 0) is 8.37 Å². The second-order valence-electron chi connectivity index (χ2n) is 3.00. The summed E-state index contributed by atoms with van der Waals surface area (Å²) in [7, 11) is 0. The third-order valence-corrected chi connectivity index (χ3v) is 3.14. The predicted octanol–water partition coefficient (Wildman–Crippen LogP) is 1.93. The quantitative estimate of drug-likeness (QED) is 0.598. The molecule has 2 fully saturated rings. The van der Waals surface area contributed by atoms with Gasteiger partial charge in [0.2, 0.25) is 11.2 Å². The lowest BCUT2D eigenvalue weighted by molar-refractivity contribution is 0.110. The van der Waals surface area contributed by atoms with E-state index < -0.39 is 11.2 Å². The summed E-state index contributed by atoms with van der Waals surface area (Å²) in [5.74, 6) is 0. The zero-order valence-corrected chi connectivity index (χ0v) is 6.92. The second kappa shape index (κ2) is 2.60. The van der Waals surface area contributed by atoms with Gasteiger partial charge in [0.15, 0.2) is 0 Å². The number of hydrogen-bond acceptors (Lipinski definition) is 4. The molecule has 0 spiro atoms. The molecule has 2 N–H and O–H groups in total. The fourth-order valence-corrected chi connectivity index (χ4v) is 2.76. The lowest BCUT2D eigenvalue weighted by Gasteiger charge is -2.19. The highest BCUT2D eigenvalue weighted by Crippen LogP contribution is 2.53. The Morgan fingerprint density at radius 1 is 1.00 bits per heavy atom. The van der Waals surface area contributed by atoms with Gasteiger partial charge in [0.1, 0.15) is 12.2 Å². The van der Waals surface area contributed by atoms with E-state index in [4.69, 9.17) is 17.5 Å². The van der Waals surface area contributed by atoms with Crippen LogP contribution in [0.1, 0.15) is 25.7 Å². The molecular formula is C6H12O4S. The van der Waals surface area contributed by atoms with Gasteiger partial charge in [-0.2, -0.15) is 0 Å². The monoisotopic (exact) mass is 180 g/mol. The second-order valence-corrected chi connectivity index (χ2v) is 4.28. The molecule has 0 aromatic heterocycles. The maximum Gasteiger partial charge on any atom is 0.219 e. The zero-order chi connectivity index (χ0) is 7.90. The number of fused-ring (bicyclic) bond motifs is 1. The van der Waals surface area contributed by atoms with E-state index in [1.807, 2.05) is 0 Å². The van der Waals surface area contributed by atoms with Crippen molar-refractivity contribution in [2.75, 3.05) is 0 Å². The molecule has 4 nitrogen and oxygen atoms in total. The van der Waals surface area contributed by atoms with Gasteiger partial charge in [-0.25, -0.2) is 0 Å². The smallest absolute Gasteiger partial charge is 0.219 e. The average Bonchev–Trinajstić information content (AvgIpc) is 2.21. The van der Waals surface area contributed by atoms with Crippen LogP contribution in [0.5, 0.6) is 0 Å². The Morgan fingerprint density at radius 3 is 1.91 bits per heavy atom. The van der Waals surface area contributed by atoms with Crippen molar-refractivity contribution in [3.05, 3.63) is 0 Å². The van der Waals surface area contributed by atoms with Gasteiger partial charge in [0.05, 0.1) is 0 Å². The summed E-state index contributed by atoms with van der Waals surface area (Å²) < 4.78 is 27.9. The van der Waals surface area contributed by atoms with Crippen molar-refractivity contribution in [3.63, 3.8) is 0 Å². The minimum atomic E-state index is -3.13. The predicted molar refractivity (Wildman–Crippen MR) is 41.1 cm³/mol. The van der Waals surface area contributed by atoms with Gasteiger partial charge in [0, 0.05) is 0 Å². The highest BCUT2D eigenvalue weighted by Gasteiger charge is 2.43. The molecule has 0 aromatic carbocycles. The fourth-order valence-electron chi connectivity index (χ4n) is 1.63. The minimum Gasteiger partial charge on any atom is -0.287 e. The Labute approximate surface area is 67.3 Å². The van der Waals surface area contributed by atoms with Crippen LogP contribution in [0.3, 0.4) is 0 Å². The minimum absolute atomic E-state index is 0.0752. The molecule has 2 atom stereocenters. The van der Waals surface area contributed by atoms with Crippen LogP contribution in [0.4, 0.5) is 0 Å². The molecule has 2 unspecified atom stereocenters. The van der Waals surface area contributed by atoms with Crippen molar-refractivity contribution in [2.45, 2.75) is 37.9 Å². The third-order valence-electron chi connectivity index (χ3n) is 2.14.